The molecule has 0 saturated heterocycles. The molecule has 1 aromatic rings. The summed E-state index contributed by atoms with van der Waals surface area (Å²) in [6.07, 6.45) is 1.28. The summed E-state index contributed by atoms with van der Waals surface area (Å²) in [5.74, 6) is -0.261. The van der Waals surface area contributed by atoms with Crippen LogP contribution in [0.3, 0.4) is 0 Å². The van der Waals surface area contributed by atoms with Crippen LogP contribution in [0, 0.1) is 0 Å². The standard InChI is InChI=1S/C10H14O3S2/c1-10(2,15(3,12)13)9(11)6-8-4-5-14-7-8/h4-5,7H,6H2,1-3H3. The van der Waals surface area contributed by atoms with Crippen molar-refractivity contribution in [2.75, 3.05) is 6.26 Å². The van der Waals surface area contributed by atoms with Crippen LogP contribution in [0.4, 0.5) is 0 Å². The van der Waals surface area contributed by atoms with Gasteiger partial charge in [0.2, 0.25) is 0 Å². The van der Waals surface area contributed by atoms with Gasteiger partial charge in [0.25, 0.3) is 0 Å². The van der Waals surface area contributed by atoms with E-state index in [1.807, 2.05) is 16.8 Å². The second kappa shape index (κ2) is 4.06. The number of carbonyl (C=O) groups is 1. The van der Waals surface area contributed by atoms with Crippen molar-refractivity contribution in [1.29, 1.82) is 0 Å². The van der Waals surface area contributed by atoms with Gasteiger partial charge in [-0.15, -0.1) is 0 Å². The van der Waals surface area contributed by atoms with Gasteiger partial charge in [0, 0.05) is 12.7 Å². The number of sulfone groups is 1. The zero-order chi connectivity index (χ0) is 11.7. The Morgan fingerprint density at radius 2 is 2.07 bits per heavy atom. The van der Waals surface area contributed by atoms with Crippen LogP contribution >= 0.6 is 11.3 Å². The van der Waals surface area contributed by atoms with Crippen molar-refractivity contribution in [3.63, 3.8) is 0 Å². The molecular weight excluding hydrogens is 232 g/mol. The quantitative estimate of drug-likeness (QED) is 0.812. The Morgan fingerprint density at radius 1 is 1.47 bits per heavy atom. The lowest BCUT2D eigenvalue weighted by molar-refractivity contribution is -0.120. The minimum atomic E-state index is -3.35. The van der Waals surface area contributed by atoms with E-state index in [9.17, 15) is 13.2 Å². The molecule has 0 spiro atoms. The highest BCUT2D eigenvalue weighted by atomic mass is 32.2. The molecule has 0 amide bonds. The minimum Gasteiger partial charge on any atom is -0.298 e. The first kappa shape index (κ1) is 12.4. The molecule has 1 rings (SSSR count). The highest BCUT2D eigenvalue weighted by Crippen LogP contribution is 2.19. The van der Waals surface area contributed by atoms with E-state index < -0.39 is 14.6 Å². The second-order valence-corrected chi connectivity index (χ2v) is 7.36. The van der Waals surface area contributed by atoms with Crippen LogP contribution in [-0.2, 0) is 21.1 Å². The van der Waals surface area contributed by atoms with Crippen molar-refractivity contribution in [2.45, 2.75) is 25.0 Å². The van der Waals surface area contributed by atoms with Crippen LogP contribution < -0.4 is 0 Å². The van der Waals surface area contributed by atoms with Crippen LogP contribution in [0.15, 0.2) is 16.8 Å². The van der Waals surface area contributed by atoms with E-state index in [0.717, 1.165) is 11.8 Å². The van der Waals surface area contributed by atoms with E-state index >= 15 is 0 Å². The molecule has 0 aromatic carbocycles. The summed E-state index contributed by atoms with van der Waals surface area (Å²) >= 11 is 1.50. The van der Waals surface area contributed by atoms with Crippen molar-refractivity contribution in [3.05, 3.63) is 22.4 Å². The Hall–Kier alpha value is -0.680. The SMILES string of the molecule is CC(C)(C(=O)Cc1ccsc1)S(C)(=O)=O. The smallest absolute Gasteiger partial charge is 0.159 e. The maximum Gasteiger partial charge on any atom is 0.159 e. The van der Waals surface area contributed by atoms with Gasteiger partial charge in [0.15, 0.2) is 15.6 Å². The van der Waals surface area contributed by atoms with E-state index in [0.29, 0.717) is 0 Å². The van der Waals surface area contributed by atoms with Crippen molar-refractivity contribution in [1.82, 2.24) is 0 Å². The summed E-state index contributed by atoms with van der Waals surface area (Å²) in [7, 11) is -3.35. The van der Waals surface area contributed by atoms with Gasteiger partial charge in [-0.3, -0.25) is 4.79 Å². The summed E-state index contributed by atoms with van der Waals surface area (Å²) in [5.41, 5.74) is 0.877. The molecule has 0 radical (unpaired) electrons. The van der Waals surface area contributed by atoms with Gasteiger partial charge in [-0.05, 0) is 36.2 Å². The van der Waals surface area contributed by atoms with E-state index in [-0.39, 0.29) is 12.2 Å². The topological polar surface area (TPSA) is 51.2 Å². The molecule has 0 bridgehead atoms. The van der Waals surface area contributed by atoms with Gasteiger partial charge in [0.05, 0.1) is 0 Å². The lowest BCUT2D eigenvalue weighted by atomic mass is 10.0. The fourth-order valence-electron chi connectivity index (χ4n) is 0.998. The molecule has 0 aliphatic carbocycles. The number of hydrogen-bond donors (Lipinski definition) is 0. The van der Waals surface area contributed by atoms with Crippen molar-refractivity contribution in [3.8, 4) is 0 Å². The van der Waals surface area contributed by atoms with E-state index in [1.54, 1.807) is 0 Å². The van der Waals surface area contributed by atoms with Crippen LogP contribution in [0.1, 0.15) is 19.4 Å². The molecule has 1 aromatic heterocycles. The third kappa shape index (κ3) is 2.66. The Morgan fingerprint density at radius 3 is 2.47 bits per heavy atom. The number of carbonyl (C=O) groups excluding carboxylic acids is 1. The summed E-state index contributed by atoms with van der Waals surface area (Å²) < 4.78 is 21.5. The number of thiophene rings is 1. The maximum atomic E-state index is 11.8. The van der Waals surface area contributed by atoms with E-state index in [1.165, 1.54) is 25.2 Å². The predicted octanol–water partition coefficient (Wildman–Crippen LogP) is 1.68. The minimum absolute atomic E-state index is 0.184. The highest BCUT2D eigenvalue weighted by Gasteiger charge is 2.37. The average molecular weight is 246 g/mol. The summed E-state index contributed by atoms with van der Waals surface area (Å²) in [6, 6.07) is 1.83. The molecule has 1 heterocycles. The summed E-state index contributed by atoms with van der Waals surface area (Å²) in [5, 5.41) is 3.73. The number of Topliss-reactive ketones (excluding diaryl/α,β-unsaturated/α-hetero) is 1. The zero-order valence-electron chi connectivity index (χ0n) is 8.98. The number of rotatable bonds is 4. The van der Waals surface area contributed by atoms with Gasteiger partial charge in [-0.25, -0.2) is 8.42 Å². The van der Waals surface area contributed by atoms with Gasteiger partial charge < -0.3 is 0 Å². The molecule has 15 heavy (non-hydrogen) atoms. The van der Waals surface area contributed by atoms with Crippen LogP contribution in [-0.4, -0.2) is 25.2 Å². The molecule has 84 valence electrons. The fraction of sp³-hybridized carbons (Fsp3) is 0.500. The highest BCUT2D eigenvalue weighted by molar-refractivity contribution is 7.92. The average Bonchev–Trinajstić information content (AvgIpc) is 2.54. The first-order valence-corrected chi connectivity index (χ1v) is 7.32. The molecule has 0 N–H and O–H groups in total. The Bertz CT molecular complexity index is 441. The third-order valence-corrected chi connectivity index (χ3v) is 5.36. The summed E-state index contributed by atoms with van der Waals surface area (Å²) in [6.45, 7) is 2.91. The van der Waals surface area contributed by atoms with E-state index in [4.69, 9.17) is 0 Å². The molecule has 0 fully saturated rings. The number of hydrogen-bond acceptors (Lipinski definition) is 4. The second-order valence-electron chi connectivity index (χ2n) is 4.01. The third-order valence-electron chi connectivity index (χ3n) is 2.54. The molecule has 3 nitrogen and oxygen atoms in total. The van der Waals surface area contributed by atoms with Crippen LogP contribution in [0.5, 0.6) is 0 Å². The number of ketones is 1. The van der Waals surface area contributed by atoms with Crippen LogP contribution in [0.2, 0.25) is 0 Å². The largest absolute Gasteiger partial charge is 0.298 e. The molecule has 5 heteroatoms. The molecular formula is C10H14O3S2. The normalized spacial score (nSPS) is 12.7. The summed E-state index contributed by atoms with van der Waals surface area (Å²) in [4.78, 5) is 11.8. The van der Waals surface area contributed by atoms with Gasteiger partial charge in [-0.2, -0.15) is 11.3 Å². The predicted molar refractivity (Wildman–Crippen MR) is 62.0 cm³/mol. The van der Waals surface area contributed by atoms with E-state index in [2.05, 4.69) is 0 Å². The Kier molecular flexibility index (Phi) is 3.35. The monoisotopic (exact) mass is 246 g/mol. The maximum absolute atomic E-state index is 11.8. The molecule has 0 atom stereocenters. The molecule has 0 unspecified atom stereocenters. The zero-order valence-corrected chi connectivity index (χ0v) is 10.6. The van der Waals surface area contributed by atoms with Crippen molar-refractivity contribution in [2.24, 2.45) is 0 Å². The molecule has 0 aliphatic rings. The lowest BCUT2D eigenvalue weighted by Crippen LogP contribution is -2.40. The van der Waals surface area contributed by atoms with Crippen LogP contribution in [0.25, 0.3) is 0 Å². The van der Waals surface area contributed by atoms with Gasteiger partial charge in [-0.1, -0.05) is 0 Å². The Balaban J connectivity index is 2.87. The molecule has 0 aliphatic heterocycles. The van der Waals surface area contributed by atoms with Gasteiger partial charge in [0.1, 0.15) is 4.75 Å². The molecule has 0 saturated carbocycles. The van der Waals surface area contributed by atoms with Crippen molar-refractivity contribution >= 4 is 27.0 Å². The lowest BCUT2D eigenvalue weighted by Gasteiger charge is -2.20. The fourth-order valence-corrected chi connectivity index (χ4v) is 2.15. The van der Waals surface area contributed by atoms with Crippen molar-refractivity contribution < 1.29 is 13.2 Å². The first-order valence-electron chi connectivity index (χ1n) is 4.49. The van der Waals surface area contributed by atoms with Gasteiger partial charge >= 0.3 is 0 Å². The first-order chi connectivity index (χ1) is 6.75. The Labute approximate surface area is 94.0 Å².